The fourth-order valence-corrected chi connectivity index (χ4v) is 3.61. The van der Waals surface area contributed by atoms with E-state index in [1.807, 2.05) is 0 Å². The summed E-state index contributed by atoms with van der Waals surface area (Å²) in [7, 11) is 0. The van der Waals surface area contributed by atoms with Gasteiger partial charge in [-0.1, -0.05) is 25.7 Å². The number of rotatable bonds is 3. The van der Waals surface area contributed by atoms with E-state index in [1.165, 1.54) is 75.7 Å². The van der Waals surface area contributed by atoms with Crippen LogP contribution in [0.15, 0.2) is 6.20 Å². The van der Waals surface area contributed by atoms with Crippen molar-refractivity contribution in [1.82, 2.24) is 15.5 Å². The van der Waals surface area contributed by atoms with E-state index in [4.69, 9.17) is 0 Å². The number of hydrogen-bond donors (Lipinski definition) is 2. The molecule has 0 spiro atoms. The van der Waals surface area contributed by atoms with Crippen LogP contribution >= 0.6 is 0 Å². The van der Waals surface area contributed by atoms with Gasteiger partial charge < -0.3 is 5.32 Å². The van der Waals surface area contributed by atoms with Gasteiger partial charge in [-0.3, -0.25) is 5.10 Å². The second-order valence-electron chi connectivity index (χ2n) is 6.06. The predicted molar refractivity (Wildman–Crippen MR) is 73.7 cm³/mol. The summed E-state index contributed by atoms with van der Waals surface area (Å²) in [6.07, 6.45) is 13.0. The molecule has 3 nitrogen and oxygen atoms in total. The maximum atomic E-state index is 4.32. The van der Waals surface area contributed by atoms with Crippen LogP contribution in [0, 0.1) is 5.92 Å². The third kappa shape index (κ3) is 2.77. The molecular weight excluding hydrogens is 222 g/mol. The van der Waals surface area contributed by atoms with Crippen LogP contribution in [0.2, 0.25) is 0 Å². The summed E-state index contributed by atoms with van der Waals surface area (Å²) in [4.78, 5) is 0. The first-order chi connectivity index (χ1) is 8.93. The topological polar surface area (TPSA) is 40.7 Å². The van der Waals surface area contributed by atoms with Crippen molar-refractivity contribution in [2.75, 3.05) is 13.1 Å². The van der Waals surface area contributed by atoms with Gasteiger partial charge in [0.25, 0.3) is 0 Å². The van der Waals surface area contributed by atoms with Crippen LogP contribution in [-0.4, -0.2) is 23.3 Å². The molecule has 1 saturated carbocycles. The first kappa shape index (κ1) is 12.2. The van der Waals surface area contributed by atoms with Crippen molar-refractivity contribution < 1.29 is 0 Å². The average molecular weight is 247 g/mol. The number of nitrogens with one attached hydrogen (secondary N) is 2. The number of aromatic amines is 1. The lowest BCUT2D eigenvalue weighted by atomic mass is 9.89. The molecule has 18 heavy (non-hydrogen) atoms. The van der Waals surface area contributed by atoms with Crippen LogP contribution in [-0.2, 0) is 6.42 Å². The van der Waals surface area contributed by atoms with Crippen LogP contribution < -0.4 is 5.32 Å². The lowest BCUT2D eigenvalue weighted by Crippen LogP contribution is -2.12. The van der Waals surface area contributed by atoms with Gasteiger partial charge in [-0.25, -0.2) is 0 Å². The Kier molecular flexibility index (Phi) is 3.99. The summed E-state index contributed by atoms with van der Waals surface area (Å²) in [5.74, 6) is 1.59. The number of aromatic nitrogens is 2. The molecule has 1 saturated heterocycles. The highest BCUT2D eigenvalue weighted by molar-refractivity contribution is 5.22. The van der Waals surface area contributed by atoms with Crippen molar-refractivity contribution in [2.45, 2.75) is 57.3 Å². The quantitative estimate of drug-likeness (QED) is 0.806. The Bertz CT molecular complexity index is 358. The summed E-state index contributed by atoms with van der Waals surface area (Å²) in [6.45, 7) is 2.38. The molecule has 1 aliphatic heterocycles. The molecule has 0 aromatic carbocycles. The Morgan fingerprint density at radius 3 is 2.67 bits per heavy atom. The third-order valence-electron chi connectivity index (χ3n) is 4.70. The second-order valence-corrected chi connectivity index (χ2v) is 6.06. The van der Waals surface area contributed by atoms with E-state index in [-0.39, 0.29) is 0 Å². The predicted octanol–water partition coefficient (Wildman–Crippen LogP) is 3.00. The smallest absolute Gasteiger partial charge is 0.0524 e. The van der Waals surface area contributed by atoms with Gasteiger partial charge in [0, 0.05) is 5.69 Å². The fraction of sp³-hybridized carbons (Fsp3) is 0.800. The molecule has 0 bridgehead atoms. The number of nitrogens with zero attached hydrogens (tertiary/aromatic N) is 1. The zero-order valence-electron chi connectivity index (χ0n) is 11.3. The molecular formula is C15H25N3. The minimum Gasteiger partial charge on any atom is -0.316 e. The molecule has 2 fully saturated rings. The van der Waals surface area contributed by atoms with Crippen molar-refractivity contribution in [2.24, 2.45) is 5.92 Å². The van der Waals surface area contributed by atoms with Crippen LogP contribution in [0.3, 0.4) is 0 Å². The maximum Gasteiger partial charge on any atom is 0.0524 e. The van der Waals surface area contributed by atoms with Gasteiger partial charge in [-0.2, -0.15) is 5.10 Å². The highest BCUT2D eigenvalue weighted by atomic mass is 15.1. The summed E-state index contributed by atoms with van der Waals surface area (Å²) >= 11 is 0. The molecule has 2 heterocycles. The average Bonchev–Trinajstić information content (AvgIpc) is 2.97. The van der Waals surface area contributed by atoms with Crippen LogP contribution in [0.1, 0.15) is 62.1 Å². The number of H-pyrrole nitrogens is 1. The lowest BCUT2D eigenvalue weighted by Gasteiger charge is -2.15. The van der Waals surface area contributed by atoms with Crippen molar-refractivity contribution in [1.29, 1.82) is 0 Å². The molecule has 2 aliphatic rings. The molecule has 1 atom stereocenters. The normalized spacial score (nSPS) is 26.3. The first-order valence-corrected chi connectivity index (χ1v) is 7.66. The molecule has 1 aliphatic carbocycles. The highest BCUT2D eigenvalue weighted by Crippen LogP contribution is 2.33. The first-order valence-electron chi connectivity index (χ1n) is 7.66. The molecule has 2 N–H and O–H groups in total. The van der Waals surface area contributed by atoms with Crippen molar-refractivity contribution in [3.05, 3.63) is 17.5 Å². The molecule has 100 valence electrons. The molecule has 3 rings (SSSR count). The van der Waals surface area contributed by atoms with Crippen LogP contribution in [0.4, 0.5) is 0 Å². The Morgan fingerprint density at radius 2 is 1.94 bits per heavy atom. The summed E-state index contributed by atoms with van der Waals surface area (Å²) in [5, 5.41) is 11.1. The molecule has 1 unspecified atom stereocenters. The van der Waals surface area contributed by atoms with E-state index in [9.17, 15) is 0 Å². The molecule has 0 radical (unpaired) electrons. The van der Waals surface area contributed by atoms with Crippen molar-refractivity contribution in [3.63, 3.8) is 0 Å². The minimum atomic E-state index is 0.774. The van der Waals surface area contributed by atoms with Gasteiger partial charge >= 0.3 is 0 Å². The monoisotopic (exact) mass is 247 g/mol. The second kappa shape index (κ2) is 5.87. The van der Waals surface area contributed by atoms with E-state index in [2.05, 4.69) is 21.7 Å². The Hall–Kier alpha value is -0.830. The maximum absolute atomic E-state index is 4.32. The summed E-state index contributed by atoms with van der Waals surface area (Å²) < 4.78 is 0. The van der Waals surface area contributed by atoms with Gasteiger partial charge in [0.2, 0.25) is 0 Å². The molecule has 1 aromatic heterocycles. The summed E-state index contributed by atoms with van der Waals surface area (Å²) in [5.41, 5.74) is 2.96. The van der Waals surface area contributed by atoms with E-state index in [0.29, 0.717) is 0 Å². The minimum absolute atomic E-state index is 0.774. The fourth-order valence-electron chi connectivity index (χ4n) is 3.61. The van der Waals surface area contributed by atoms with Crippen LogP contribution in [0.25, 0.3) is 0 Å². The highest BCUT2D eigenvalue weighted by Gasteiger charge is 2.22. The van der Waals surface area contributed by atoms with Gasteiger partial charge in [0.05, 0.1) is 6.20 Å². The lowest BCUT2D eigenvalue weighted by molar-refractivity contribution is 0.548. The zero-order valence-corrected chi connectivity index (χ0v) is 11.3. The van der Waals surface area contributed by atoms with Gasteiger partial charge in [-0.05, 0) is 56.2 Å². The van der Waals surface area contributed by atoms with E-state index in [0.717, 1.165) is 11.8 Å². The third-order valence-corrected chi connectivity index (χ3v) is 4.70. The largest absolute Gasteiger partial charge is 0.316 e. The SMILES string of the molecule is c1n[nH]c(CC2CCNC2)c1C1CCCCCC1. The van der Waals surface area contributed by atoms with Gasteiger partial charge in [0.1, 0.15) is 0 Å². The number of hydrogen-bond acceptors (Lipinski definition) is 2. The molecule has 0 amide bonds. The zero-order chi connectivity index (χ0) is 12.2. The van der Waals surface area contributed by atoms with Crippen molar-refractivity contribution >= 4 is 0 Å². The Balaban J connectivity index is 1.69. The van der Waals surface area contributed by atoms with E-state index in [1.54, 1.807) is 0 Å². The van der Waals surface area contributed by atoms with Gasteiger partial charge in [0.15, 0.2) is 0 Å². The summed E-state index contributed by atoms with van der Waals surface area (Å²) in [6, 6.07) is 0. The Morgan fingerprint density at radius 1 is 1.11 bits per heavy atom. The van der Waals surface area contributed by atoms with E-state index < -0.39 is 0 Å². The molecule has 1 aromatic rings. The van der Waals surface area contributed by atoms with E-state index >= 15 is 0 Å². The standard InChI is InChI=1S/C15H25N3/c1-2-4-6-13(5-3-1)14-11-17-18-15(14)9-12-7-8-16-10-12/h11-13,16H,1-10H2,(H,17,18). The Labute approximate surface area is 110 Å². The molecule has 3 heteroatoms. The van der Waals surface area contributed by atoms with Crippen molar-refractivity contribution in [3.8, 4) is 0 Å². The van der Waals surface area contributed by atoms with Crippen LogP contribution in [0.5, 0.6) is 0 Å². The van der Waals surface area contributed by atoms with Gasteiger partial charge in [-0.15, -0.1) is 0 Å².